The second kappa shape index (κ2) is 4.42. The Kier molecular flexibility index (Phi) is 2.99. The molecule has 82 valence electrons. The van der Waals surface area contributed by atoms with E-state index in [0.29, 0.717) is 17.7 Å². The summed E-state index contributed by atoms with van der Waals surface area (Å²) in [6.07, 6.45) is 6.20. The van der Waals surface area contributed by atoms with Gasteiger partial charge in [-0.2, -0.15) is 15.4 Å². The molecule has 5 nitrogen and oxygen atoms in total. The number of hydrogen-bond acceptors (Lipinski definition) is 3. The number of amides is 1. The van der Waals surface area contributed by atoms with Gasteiger partial charge in [0.2, 0.25) is 0 Å². The minimum atomic E-state index is -0.123. The lowest BCUT2D eigenvalue weighted by Gasteiger charge is -2.29. The molecule has 2 rings (SSSR count). The zero-order valence-electron chi connectivity index (χ0n) is 8.86. The summed E-state index contributed by atoms with van der Waals surface area (Å²) in [4.78, 5) is 11.7. The maximum absolute atomic E-state index is 11.7. The Morgan fingerprint density at radius 3 is 3.00 bits per heavy atom. The smallest absolute Gasteiger partial charge is 0.273 e. The number of carbonyl (C=O) groups excluding carboxylic acids is 1. The van der Waals surface area contributed by atoms with Crippen molar-refractivity contribution in [3.05, 3.63) is 11.9 Å². The lowest BCUT2D eigenvalue weighted by atomic mass is 9.86. The third-order valence-electron chi connectivity index (χ3n) is 3.08. The molecular formula is C10H16N4O. The molecule has 1 saturated carbocycles. The van der Waals surface area contributed by atoms with E-state index in [0.717, 1.165) is 6.42 Å². The number of rotatable bonds is 2. The quantitative estimate of drug-likeness (QED) is 0.765. The van der Waals surface area contributed by atoms with Gasteiger partial charge < -0.3 is 5.32 Å². The zero-order chi connectivity index (χ0) is 10.7. The molecule has 0 spiro atoms. The Morgan fingerprint density at radius 2 is 2.33 bits per heavy atom. The van der Waals surface area contributed by atoms with Crippen molar-refractivity contribution in [3.8, 4) is 0 Å². The van der Waals surface area contributed by atoms with E-state index >= 15 is 0 Å². The fourth-order valence-electron chi connectivity index (χ4n) is 2.08. The molecule has 1 aromatic heterocycles. The number of nitrogens with one attached hydrogen (secondary N) is 2. The first-order valence-corrected chi connectivity index (χ1v) is 5.44. The number of hydrogen-bond donors (Lipinski definition) is 2. The van der Waals surface area contributed by atoms with Gasteiger partial charge in [-0.1, -0.05) is 19.8 Å². The van der Waals surface area contributed by atoms with E-state index in [-0.39, 0.29) is 5.91 Å². The molecule has 1 fully saturated rings. The Morgan fingerprint density at radius 1 is 1.53 bits per heavy atom. The van der Waals surface area contributed by atoms with Crippen molar-refractivity contribution in [1.82, 2.24) is 20.7 Å². The predicted octanol–water partition coefficient (Wildman–Crippen LogP) is 1.11. The van der Waals surface area contributed by atoms with Crippen LogP contribution in [0.25, 0.3) is 0 Å². The molecule has 0 saturated heterocycles. The highest BCUT2D eigenvalue weighted by Crippen LogP contribution is 2.23. The summed E-state index contributed by atoms with van der Waals surface area (Å²) in [5, 5.41) is 12.8. The van der Waals surface area contributed by atoms with Gasteiger partial charge in [-0.3, -0.25) is 4.79 Å². The maximum atomic E-state index is 11.7. The van der Waals surface area contributed by atoms with E-state index in [2.05, 4.69) is 27.7 Å². The van der Waals surface area contributed by atoms with Crippen molar-refractivity contribution in [2.45, 2.75) is 38.6 Å². The SMILES string of the molecule is CC1CCCCC1NC(=O)c1cn[nH]n1. The van der Waals surface area contributed by atoms with Crippen LogP contribution in [0.3, 0.4) is 0 Å². The van der Waals surface area contributed by atoms with Crippen molar-refractivity contribution in [3.63, 3.8) is 0 Å². The van der Waals surface area contributed by atoms with Crippen molar-refractivity contribution >= 4 is 5.91 Å². The molecule has 1 heterocycles. The molecule has 5 heteroatoms. The molecule has 1 aliphatic rings. The van der Waals surface area contributed by atoms with E-state index in [1.807, 2.05) is 0 Å². The third-order valence-corrected chi connectivity index (χ3v) is 3.08. The third kappa shape index (κ3) is 2.34. The van der Waals surface area contributed by atoms with Crippen molar-refractivity contribution in [1.29, 1.82) is 0 Å². The van der Waals surface area contributed by atoms with Gasteiger partial charge in [0.15, 0.2) is 5.69 Å². The van der Waals surface area contributed by atoms with Gasteiger partial charge in [0.25, 0.3) is 5.91 Å². The van der Waals surface area contributed by atoms with Gasteiger partial charge in [0.1, 0.15) is 0 Å². The van der Waals surface area contributed by atoms with Crippen molar-refractivity contribution in [2.75, 3.05) is 0 Å². The number of aromatic nitrogens is 3. The Labute approximate surface area is 88.6 Å². The normalized spacial score (nSPS) is 26.2. The van der Waals surface area contributed by atoms with Crippen LogP contribution in [0.2, 0.25) is 0 Å². The van der Waals surface area contributed by atoms with Crippen LogP contribution in [0.15, 0.2) is 6.20 Å². The van der Waals surface area contributed by atoms with Crippen molar-refractivity contribution in [2.24, 2.45) is 5.92 Å². The second-order valence-electron chi connectivity index (χ2n) is 4.20. The minimum Gasteiger partial charge on any atom is -0.348 e. The molecule has 1 amide bonds. The minimum absolute atomic E-state index is 0.123. The number of carbonyl (C=O) groups is 1. The average molecular weight is 208 g/mol. The fourth-order valence-corrected chi connectivity index (χ4v) is 2.08. The van der Waals surface area contributed by atoms with Crippen LogP contribution in [-0.2, 0) is 0 Å². The van der Waals surface area contributed by atoms with Gasteiger partial charge in [0.05, 0.1) is 6.20 Å². The highest BCUT2D eigenvalue weighted by atomic mass is 16.2. The molecule has 2 unspecified atom stereocenters. The van der Waals surface area contributed by atoms with Crippen LogP contribution in [0, 0.1) is 5.92 Å². The predicted molar refractivity (Wildman–Crippen MR) is 55.3 cm³/mol. The van der Waals surface area contributed by atoms with Crippen LogP contribution >= 0.6 is 0 Å². The van der Waals surface area contributed by atoms with Crippen LogP contribution in [0.4, 0.5) is 0 Å². The summed E-state index contributed by atoms with van der Waals surface area (Å²) in [6, 6.07) is 0.294. The van der Waals surface area contributed by atoms with E-state index in [1.165, 1.54) is 25.5 Å². The molecule has 2 N–H and O–H groups in total. The molecule has 1 aliphatic carbocycles. The summed E-state index contributed by atoms with van der Waals surface area (Å²) in [7, 11) is 0. The summed E-state index contributed by atoms with van der Waals surface area (Å²) < 4.78 is 0. The number of aromatic amines is 1. The first-order chi connectivity index (χ1) is 7.27. The monoisotopic (exact) mass is 208 g/mol. The molecule has 0 aliphatic heterocycles. The molecular weight excluding hydrogens is 192 g/mol. The summed E-state index contributed by atoms with van der Waals surface area (Å²) in [5.41, 5.74) is 0.368. The van der Waals surface area contributed by atoms with Crippen LogP contribution < -0.4 is 5.32 Å². The molecule has 0 radical (unpaired) electrons. The second-order valence-corrected chi connectivity index (χ2v) is 4.20. The van der Waals surface area contributed by atoms with E-state index in [4.69, 9.17) is 0 Å². The van der Waals surface area contributed by atoms with E-state index in [1.54, 1.807) is 0 Å². The molecule has 0 aromatic carbocycles. The van der Waals surface area contributed by atoms with Crippen LogP contribution in [0.5, 0.6) is 0 Å². The molecule has 0 bridgehead atoms. The van der Waals surface area contributed by atoms with Gasteiger partial charge in [0, 0.05) is 6.04 Å². The Balaban J connectivity index is 1.93. The number of nitrogens with zero attached hydrogens (tertiary/aromatic N) is 2. The first kappa shape index (κ1) is 10.1. The standard InChI is InChI=1S/C10H16N4O/c1-7-4-2-3-5-8(7)12-10(15)9-6-11-14-13-9/h6-8H,2-5H2,1H3,(H,12,15)(H,11,13,14). The molecule has 1 aromatic rings. The van der Waals surface area contributed by atoms with Gasteiger partial charge >= 0.3 is 0 Å². The van der Waals surface area contributed by atoms with Gasteiger partial charge in [-0.25, -0.2) is 0 Å². The van der Waals surface area contributed by atoms with Crippen LogP contribution in [-0.4, -0.2) is 27.4 Å². The lowest BCUT2D eigenvalue weighted by Crippen LogP contribution is -2.41. The highest BCUT2D eigenvalue weighted by molar-refractivity contribution is 5.92. The maximum Gasteiger partial charge on any atom is 0.273 e. The largest absolute Gasteiger partial charge is 0.348 e. The molecule has 2 atom stereocenters. The summed E-state index contributed by atoms with van der Waals surface area (Å²) >= 11 is 0. The van der Waals surface area contributed by atoms with Crippen LogP contribution in [0.1, 0.15) is 43.1 Å². The molecule has 15 heavy (non-hydrogen) atoms. The highest BCUT2D eigenvalue weighted by Gasteiger charge is 2.23. The van der Waals surface area contributed by atoms with Crippen molar-refractivity contribution < 1.29 is 4.79 Å². The zero-order valence-corrected chi connectivity index (χ0v) is 8.86. The Hall–Kier alpha value is -1.39. The topological polar surface area (TPSA) is 70.7 Å². The number of H-pyrrole nitrogens is 1. The lowest BCUT2D eigenvalue weighted by molar-refractivity contribution is 0.0905. The van der Waals surface area contributed by atoms with Gasteiger partial charge in [-0.05, 0) is 18.8 Å². The van der Waals surface area contributed by atoms with Gasteiger partial charge in [-0.15, -0.1) is 0 Å². The summed E-state index contributed by atoms with van der Waals surface area (Å²) in [6.45, 7) is 2.19. The van der Waals surface area contributed by atoms with E-state index in [9.17, 15) is 4.79 Å². The first-order valence-electron chi connectivity index (χ1n) is 5.44. The average Bonchev–Trinajstić information content (AvgIpc) is 2.74. The summed E-state index contributed by atoms with van der Waals surface area (Å²) in [5.74, 6) is 0.442. The fraction of sp³-hybridized carbons (Fsp3) is 0.700. The van der Waals surface area contributed by atoms with E-state index < -0.39 is 0 Å². The Bertz CT molecular complexity index is 322.